The monoisotopic (exact) mass is 325 g/mol. The first-order valence-electron chi connectivity index (χ1n) is 8.22. The summed E-state index contributed by atoms with van der Waals surface area (Å²) in [5, 5.41) is 11.1. The molecule has 0 amide bonds. The molecule has 1 N–H and O–H groups in total. The van der Waals surface area contributed by atoms with Crippen LogP contribution >= 0.6 is 0 Å². The second-order valence-corrected chi connectivity index (χ2v) is 6.57. The third kappa shape index (κ3) is 1.61. The average Bonchev–Trinajstić information content (AvgIpc) is 3.08. The lowest BCUT2D eigenvalue weighted by molar-refractivity contribution is 0.0539. The molecular weight excluding hydrogens is 306 g/mol. The summed E-state index contributed by atoms with van der Waals surface area (Å²) >= 11 is 0. The van der Waals surface area contributed by atoms with Crippen molar-refractivity contribution in [3.63, 3.8) is 0 Å². The molecule has 0 saturated carbocycles. The Morgan fingerprint density at radius 1 is 1.21 bits per heavy atom. The van der Waals surface area contributed by atoms with Crippen LogP contribution in [0.2, 0.25) is 0 Å². The minimum Gasteiger partial charge on any atom is -0.492 e. The molecule has 2 aliphatic heterocycles. The number of rotatable bonds is 1. The van der Waals surface area contributed by atoms with E-state index in [0.717, 1.165) is 52.3 Å². The summed E-state index contributed by atoms with van der Waals surface area (Å²) in [5.41, 5.74) is 5.27. The van der Waals surface area contributed by atoms with Crippen molar-refractivity contribution in [1.82, 2.24) is 4.90 Å². The van der Waals surface area contributed by atoms with E-state index in [1.165, 1.54) is 0 Å². The molecule has 124 valence electrons. The molecule has 2 aromatic carbocycles. The van der Waals surface area contributed by atoms with Crippen LogP contribution in [0, 0.1) is 0 Å². The Bertz CT molecular complexity index is 848. The molecule has 5 nitrogen and oxygen atoms in total. The summed E-state index contributed by atoms with van der Waals surface area (Å²) < 4.78 is 17.3. The van der Waals surface area contributed by atoms with Gasteiger partial charge >= 0.3 is 0 Å². The molecule has 2 heterocycles. The number of hydrogen-bond donors (Lipinski definition) is 1. The van der Waals surface area contributed by atoms with E-state index in [9.17, 15) is 5.11 Å². The molecule has 0 bridgehead atoms. The highest BCUT2D eigenvalue weighted by atomic mass is 16.7. The molecular formula is C19H19NO4. The van der Waals surface area contributed by atoms with E-state index in [2.05, 4.69) is 11.9 Å². The highest BCUT2D eigenvalue weighted by molar-refractivity contribution is 5.86. The fourth-order valence-electron chi connectivity index (χ4n) is 4.42. The van der Waals surface area contributed by atoms with Crippen molar-refractivity contribution in [3.8, 4) is 28.4 Å². The van der Waals surface area contributed by atoms with Crippen molar-refractivity contribution in [2.75, 3.05) is 27.5 Å². The Morgan fingerprint density at radius 2 is 2.00 bits per heavy atom. The summed E-state index contributed by atoms with van der Waals surface area (Å²) in [5.74, 6) is 2.19. The minimum absolute atomic E-state index is 0.0953. The van der Waals surface area contributed by atoms with Gasteiger partial charge in [0, 0.05) is 17.7 Å². The standard InChI is InChI=1S/C19H19NO4/c1-20-8-7-12-13-14(18-19(17(12)22-2)24-9-23-18)10-5-3-4-6-11(10)16(21)15(13)20/h3-6,15-16,21H,7-9H2,1-2H3. The smallest absolute Gasteiger partial charge is 0.231 e. The van der Waals surface area contributed by atoms with Crippen LogP contribution in [0.3, 0.4) is 0 Å². The van der Waals surface area contributed by atoms with E-state index < -0.39 is 6.10 Å². The highest BCUT2D eigenvalue weighted by Gasteiger charge is 2.44. The van der Waals surface area contributed by atoms with Gasteiger partial charge in [-0.2, -0.15) is 0 Å². The van der Waals surface area contributed by atoms with Crippen LogP contribution in [0.4, 0.5) is 0 Å². The van der Waals surface area contributed by atoms with Gasteiger partial charge in [-0.25, -0.2) is 0 Å². The quantitative estimate of drug-likeness (QED) is 0.873. The zero-order valence-electron chi connectivity index (χ0n) is 13.7. The molecule has 0 fully saturated rings. The van der Waals surface area contributed by atoms with Crippen molar-refractivity contribution < 1.29 is 19.3 Å². The molecule has 2 unspecified atom stereocenters. The Kier molecular flexibility index (Phi) is 2.87. The number of methoxy groups -OCH3 is 1. The SMILES string of the molecule is COc1c2c3c(c4c1OCO4)-c1ccccc1C(O)C3N(C)CC2. The predicted octanol–water partition coefficient (Wildman–Crippen LogP) is 2.67. The van der Waals surface area contributed by atoms with Crippen LogP contribution in [0.25, 0.3) is 11.1 Å². The molecule has 0 radical (unpaired) electrons. The fourth-order valence-corrected chi connectivity index (χ4v) is 4.42. The minimum atomic E-state index is -0.567. The Hall–Kier alpha value is -2.24. The molecule has 0 spiro atoms. The van der Waals surface area contributed by atoms with Gasteiger partial charge in [0.1, 0.15) is 0 Å². The van der Waals surface area contributed by atoms with Crippen molar-refractivity contribution in [2.24, 2.45) is 0 Å². The molecule has 24 heavy (non-hydrogen) atoms. The van der Waals surface area contributed by atoms with Crippen LogP contribution < -0.4 is 14.2 Å². The molecule has 3 aliphatic rings. The number of aliphatic hydroxyl groups is 1. The second kappa shape index (κ2) is 4.88. The highest BCUT2D eigenvalue weighted by Crippen LogP contribution is 2.60. The predicted molar refractivity (Wildman–Crippen MR) is 88.6 cm³/mol. The van der Waals surface area contributed by atoms with E-state index in [0.29, 0.717) is 5.75 Å². The molecule has 0 saturated heterocycles. The fraction of sp³-hybridized carbons (Fsp3) is 0.368. The lowest BCUT2D eigenvalue weighted by atomic mass is 9.75. The number of hydrogen-bond acceptors (Lipinski definition) is 5. The summed E-state index contributed by atoms with van der Waals surface area (Å²) in [7, 11) is 3.73. The maximum atomic E-state index is 11.1. The molecule has 0 aromatic heterocycles. The van der Waals surface area contributed by atoms with E-state index in [4.69, 9.17) is 14.2 Å². The van der Waals surface area contributed by atoms with Crippen LogP contribution in [0.15, 0.2) is 24.3 Å². The Labute approximate surface area is 140 Å². The maximum absolute atomic E-state index is 11.1. The van der Waals surface area contributed by atoms with Gasteiger partial charge in [-0.15, -0.1) is 0 Å². The van der Waals surface area contributed by atoms with Crippen molar-refractivity contribution in [2.45, 2.75) is 18.6 Å². The molecule has 2 aromatic rings. The average molecular weight is 325 g/mol. The van der Waals surface area contributed by atoms with Crippen molar-refractivity contribution in [1.29, 1.82) is 0 Å². The van der Waals surface area contributed by atoms with E-state index in [1.807, 2.05) is 24.3 Å². The molecule has 5 heteroatoms. The second-order valence-electron chi connectivity index (χ2n) is 6.57. The number of likely N-dealkylation sites (N-methyl/N-ethyl adjacent to an activating group) is 1. The third-order valence-electron chi connectivity index (χ3n) is 5.45. The Morgan fingerprint density at radius 3 is 2.83 bits per heavy atom. The number of benzene rings is 2. The number of nitrogens with zero attached hydrogens (tertiary/aromatic N) is 1. The van der Waals surface area contributed by atoms with Gasteiger partial charge < -0.3 is 19.3 Å². The molecule has 1 aliphatic carbocycles. The molecule has 5 rings (SSSR count). The van der Waals surface area contributed by atoms with Gasteiger partial charge in [0.05, 0.1) is 19.3 Å². The van der Waals surface area contributed by atoms with Gasteiger partial charge in [0.2, 0.25) is 12.5 Å². The van der Waals surface area contributed by atoms with Crippen molar-refractivity contribution >= 4 is 0 Å². The summed E-state index contributed by atoms with van der Waals surface area (Å²) in [6, 6.07) is 7.92. The van der Waals surface area contributed by atoms with Crippen molar-refractivity contribution in [3.05, 3.63) is 41.0 Å². The topological polar surface area (TPSA) is 51.2 Å². The summed E-state index contributed by atoms with van der Waals surface area (Å²) in [4.78, 5) is 2.22. The summed E-state index contributed by atoms with van der Waals surface area (Å²) in [6.07, 6.45) is 0.298. The normalized spacial score (nSPS) is 23.6. The third-order valence-corrected chi connectivity index (χ3v) is 5.45. The lowest BCUT2D eigenvalue weighted by Gasteiger charge is -2.43. The maximum Gasteiger partial charge on any atom is 0.231 e. The van der Waals surface area contributed by atoms with Gasteiger partial charge in [0.15, 0.2) is 11.5 Å². The van der Waals surface area contributed by atoms with Gasteiger partial charge in [-0.1, -0.05) is 24.3 Å². The lowest BCUT2D eigenvalue weighted by Crippen LogP contribution is -2.38. The zero-order chi connectivity index (χ0) is 16.4. The van der Waals surface area contributed by atoms with E-state index >= 15 is 0 Å². The van der Waals surface area contributed by atoms with Crippen LogP contribution in [-0.4, -0.2) is 37.5 Å². The van der Waals surface area contributed by atoms with Crippen LogP contribution in [-0.2, 0) is 6.42 Å². The zero-order valence-corrected chi connectivity index (χ0v) is 13.7. The van der Waals surface area contributed by atoms with Crippen LogP contribution in [0.5, 0.6) is 17.2 Å². The number of ether oxygens (including phenoxy) is 3. The number of fused-ring (bicyclic) bond motifs is 4. The first-order valence-corrected chi connectivity index (χ1v) is 8.22. The first kappa shape index (κ1) is 14.1. The molecule has 2 atom stereocenters. The van der Waals surface area contributed by atoms with E-state index in [1.54, 1.807) is 7.11 Å². The summed E-state index contributed by atoms with van der Waals surface area (Å²) in [6.45, 7) is 1.07. The van der Waals surface area contributed by atoms with E-state index in [-0.39, 0.29) is 12.8 Å². The van der Waals surface area contributed by atoms with Gasteiger partial charge in [0.25, 0.3) is 0 Å². The largest absolute Gasteiger partial charge is 0.492 e. The van der Waals surface area contributed by atoms with Gasteiger partial charge in [-0.05, 0) is 30.2 Å². The number of aliphatic hydroxyl groups excluding tert-OH is 1. The van der Waals surface area contributed by atoms with Crippen LogP contribution in [0.1, 0.15) is 28.8 Å². The Balaban J connectivity index is 1.93. The van der Waals surface area contributed by atoms with Gasteiger partial charge in [-0.3, -0.25) is 4.90 Å². The first-order chi connectivity index (χ1) is 11.7.